The summed E-state index contributed by atoms with van der Waals surface area (Å²) in [5, 5.41) is 14.2. The van der Waals surface area contributed by atoms with E-state index in [0.717, 1.165) is 31.6 Å². The lowest BCUT2D eigenvalue weighted by atomic mass is 10.1. The maximum absolute atomic E-state index is 10.2. The summed E-state index contributed by atoms with van der Waals surface area (Å²) in [6.07, 6.45) is 4.68. The Bertz CT molecular complexity index is 552. The van der Waals surface area contributed by atoms with E-state index in [1.807, 2.05) is 13.0 Å². The van der Waals surface area contributed by atoms with E-state index in [9.17, 15) is 5.11 Å². The maximum atomic E-state index is 10.2. The zero-order valence-electron chi connectivity index (χ0n) is 12.2. The molecule has 2 atom stereocenters. The molecule has 0 spiro atoms. The average Bonchev–Trinajstić information content (AvgIpc) is 3.21. The first-order chi connectivity index (χ1) is 10.3. The highest BCUT2D eigenvalue weighted by molar-refractivity contribution is 5.03. The summed E-state index contributed by atoms with van der Waals surface area (Å²) >= 11 is 0. The van der Waals surface area contributed by atoms with E-state index < -0.39 is 6.10 Å². The largest absolute Gasteiger partial charge is 0.467 e. The van der Waals surface area contributed by atoms with E-state index in [4.69, 9.17) is 8.94 Å². The van der Waals surface area contributed by atoms with Gasteiger partial charge in [-0.05, 0) is 37.9 Å². The predicted molar refractivity (Wildman–Crippen MR) is 75.4 cm³/mol. The quantitative estimate of drug-likeness (QED) is 0.880. The van der Waals surface area contributed by atoms with Crippen LogP contribution in [0.15, 0.2) is 27.3 Å². The molecule has 1 saturated heterocycles. The number of aliphatic hydroxyl groups excluding tert-OH is 1. The molecule has 6 nitrogen and oxygen atoms in total. The minimum Gasteiger partial charge on any atom is -0.467 e. The Morgan fingerprint density at radius 2 is 2.43 bits per heavy atom. The van der Waals surface area contributed by atoms with Gasteiger partial charge in [0.1, 0.15) is 11.9 Å². The zero-order valence-corrected chi connectivity index (χ0v) is 12.2. The number of likely N-dealkylation sites (tertiary alicyclic amines) is 1. The Balaban J connectivity index is 1.60. The van der Waals surface area contributed by atoms with Gasteiger partial charge in [-0.3, -0.25) is 4.90 Å². The van der Waals surface area contributed by atoms with Crippen molar-refractivity contribution >= 4 is 0 Å². The molecule has 3 heterocycles. The fraction of sp³-hybridized carbons (Fsp3) is 0.600. The van der Waals surface area contributed by atoms with Gasteiger partial charge in [0.15, 0.2) is 5.82 Å². The molecule has 2 aromatic rings. The van der Waals surface area contributed by atoms with Crippen molar-refractivity contribution in [2.45, 2.75) is 51.3 Å². The van der Waals surface area contributed by atoms with Gasteiger partial charge in [0, 0.05) is 12.5 Å². The van der Waals surface area contributed by atoms with Gasteiger partial charge < -0.3 is 14.0 Å². The molecule has 2 unspecified atom stereocenters. The van der Waals surface area contributed by atoms with Crippen molar-refractivity contribution in [2.24, 2.45) is 0 Å². The Morgan fingerprint density at radius 3 is 3.14 bits per heavy atom. The number of nitrogens with zero attached hydrogens (tertiary/aromatic N) is 3. The minimum absolute atomic E-state index is 0.327. The summed E-state index contributed by atoms with van der Waals surface area (Å²) in [7, 11) is 0. The van der Waals surface area contributed by atoms with Crippen molar-refractivity contribution in [3.63, 3.8) is 0 Å². The molecule has 0 bridgehead atoms. The molecule has 114 valence electrons. The molecule has 21 heavy (non-hydrogen) atoms. The molecule has 1 fully saturated rings. The second kappa shape index (κ2) is 6.41. The van der Waals surface area contributed by atoms with Gasteiger partial charge >= 0.3 is 0 Å². The van der Waals surface area contributed by atoms with Gasteiger partial charge in [-0.2, -0.15) is 4.98 Å². The van der Waals surface area contributed by atoms with Crippen molar-refractivity contribution in [3.8, 4) is 0 Å². The molecule has 0 radical (unpaired) electrons. The van der Waals surface area contributed by atoms with E-state index in [0.29, 0.717) is 30.7 Å². The van der Waals surface area contributed by atoms with Crippen molar-refractivity contribution in [3.05, 3.63) is 35.9 Å². The third-order valence-corrected chi connectivity index (χ3v) is 4.02. The van der Waals surface area contributed by atoms with Crippen LogP contribution in [0.2, 0.25) is 0 Å². The molecule has 0 saturated carbocycles. The van der Waals surface area contributed by atoms with Gasteiger partial charge in [-0.25, -0.2) is 0 Å². The summed E-state index contributed by atoms with van der Waals surface area (Å²) in [5.41, 5.74) is 0. The molecule has 1 aliphatic rings. The number of aromatic nitrogens is 2. The fourth-order valence-corrected chi connectivity index (χ4v) is 2.90. The normalized spacial score (nSPS) is 21.0. The Morgan fingerprint density at radius 1 is 1.52 bits per heavy atom. The van der Waals surface area contributed by atoms with Gasteiger partial charge in [-0.15, -0.1) is 0 Å². The number of aliphatic hydroxyl groups is 1. The minimum atomic E-state index is -0.554. The van der Waals surface area contributed by atoms with Gasteiger partial charge in [-0.1, -0.05) is 12.1 Å². The molecular weight excluding hydrogens is 270 g/mol. The zero-order chi connectivity index (χ0) is 14.7. The fourth-order valence-electron chi connectivity index (χ4n) is 2.90. The monoisotopic (exact) mass is 291 g/mol. The molecule has 1 aliphatic heterocycles. The van der Waals surface area contributed by atoms with Crippen LogP contribution in [0, 0.1) is 0 Å². The summed E-state index contributed by atoms with van der Waals surface area (Å²) in [6.45, 7) is 3.68. The van der Waals surface area contributed by atoms with E-state index in [2.05, 4.69) is 15.0 Å². The van der Waals surface area contributed by atoms with Crippen LogP contribution in [-0.4, -0.2) is 32.7 Å². The first-order valence-electron chi connectivity index (χ1n) is 7.53. The van der Waals surface area contributed by atoms with E-state index in [1.54, 1.807) is 12.3 Å². The highest BCUT2D eigenvalue weighted by atomic mass is 16.5. The molecule has 0 aliphatic carbocycles. The van der Waals surface area contributed by atoms with E-state index in [-0.39, 0.29) is 0 Å². The predicted octanol–water partition coefficient (Wildman–Crippen LogP) is 2.31. The number of rotatable bonds is 6. The lowest BCUT2D eigenvalue weighted by Gasteiger charge is -2.24. The molecule has 1 N–H and O–H groups in total. The van der Waals surface area contributed by atoms with Crippen molar-refractivity contribution < 1.29 is 14.0 Å². The van der Waals surface area contributed by atoms with Crippen molar-refractivity contribution in [1.82, 2.24) is 15.0 Å². The summed E-state index contributed by atoms with van der Waals surface area (Å²) in [6, 6.07) is 3.95. The van der Waals surface area contributed by atoms with Crippen LogP contribution in [0.25, 0.3) is 0 Å². The second-order valence-electron chi connectivity index (χ2n) is 5.49. The third kappa shape index (κ3) is 3.33. The lowest BCUT2D eigenvalue weighted by molar-refractivity contribution is 0.0984. The molecular formula is C15H21N3O3. The summed E-state index contributed by atoms with van der Waals surface area (Å²) in [4.78, 5) is 6.67. The second-order valence-corrected chi connectivity index (χ2v) is 5.49. The van der Waals surface area contributed by atoms with Crippen LogP contribution < -0.4 is 0 Å². The van der Waals surface area contributed by atoms with Gasteiger partial charge in [0.05, 0.1) is 12.8 Å². The third-order valence-electron chi connectivity index (χ3n) is 4.02. The summed E-state index contributed by atoms with van der Waals surface area (Å²) < 4.78 is 10.4. The Kier molecular flexibility index (Phi) is 4.36. The molecule has 2 aromatic heterocycles. The van der Waals surface area contributed by atoms with Crippen LogP contribution in [0.5, 0.6) is 0 Å². The SMILES string of the molecule is CCc1nc(CN2CCCC2CC(O)c2ccco2)no1. The first-order valence-corrected chi connectivity index (χ1v) is 7.53. The smallest absolute Gasteiger partial charge is 0.226 e. The number of furan rings is 1. The van der Waals surface area contributed by atoms with Crippen molar-refractivity contribution in [2.75, 3.05) is 6.54 Å². The van der Waals surface area contributed by atoms with Crippen LogP contribution in [0.3, 0.4) is 0 Å². The van der Waals surface area contributed by atoms with E-state index in [1.165, 1.54) is 0 Å². The summed E-state index contributed by atoms with van der Waals surface area (Å²) in [5.74, 6) is 2.04. The van der Waals surface area contributed by atoms with Crippen LogP contribution in [0.1, 0.15) is 49.8 Å². The van der Waals surface area contributed by atoms with E-state index >= 15 is 0 Å². The van der Waals surface area contributed by atoms with Crippen LogP contribution in [0.4, 0.5) is 0 Å². The number of hydrogen-bond acceptors (Lipinski definition) is 6. The molecule has 6 heteroatoms. The van der Waals surface area contributed by atoms with Gasteiger partial charge in [0.25, 0.3) is 0 Å². The maximum Gasteiger partial charge on any atom is 0.226 e. The molecule has 0 aromatic carbocycles. The first kappa shape index (κ1) is 14.3. The number of aryl methyl sites for hydroxylation is 1. The van der Waals surface area contributed by atoms with Gasteiger partial charge in [0.2, 0.25) is 5.89 Å². The number of hydrogen-bond donors (Lipinski definition) is 1. The van der Waals surface area contributed by atoms with Crippen LogP contribution in [-0.2, 0) is 13.0 Å². The van der Waals surface area contributed by atoms with Crippen molar-refractivity contribution in [1.29, 1.82) is 0 Å². The highest BCUT2D eigenvalue weighted by Gasteiger charge is 2.29. The topological polar surface area (TPSA) is 75.5 Å². The molecule has 0 amide bonds. The lowest BCUT2D eigenvalue weighted by Crippen LogP contribution is -2.30. The van der Waals surface area contributed by atoms with Crippen LogP contribution >= 0.6 is 0 Å². The standard InChI is InChI=1S/C15H21N3O3/c1-2-15-16-14(17-21-15)10-18-7-3-5-11(18)9-12(19)13-6-4-8-20-13/h4,6,8,11-12,19H,2-3,5,7,9-10H2,1H3. The Labute approximate surface area is 123 Å². The average molecular weight is 291 g/mol. The Hall–Kier alpha value is -1.66. The molecule has 3 rings (SSSR count). The highest BCUT2D eigenvalue weighted by Crippen LogP contribution is 2.28.